The number of hydrogen-bond donors (Lipinski definition) is 0. The van der Waals surface area contributed by atoms with Crippen molar-refractivity contribution in [2.45, 2.75) is 51.0 Å². The first-order valence-corrected chi connectivity index (χ1v) is 8.10. The zero-order valence-electron chi connectivity index (χ0n) is 9.79. The summed E-state index contributed by atoms with van der Waals surface area (Å²) in [6, 6.07) is 0. The lowest BCUT2D eigenvalue weighted by atomic mass is 9.87. The number of rotatable bonds is 5. The van der Waals surface area contributed by atoms with Gasteiger partial charge < -0.3 is 0 Å². The van der Waals surface area contributed by atoms with Crippen molar-refractivity contribution >= 4 is 23.5 Å². The highest BCUT2D eigenvalue weighted by molar-refractivity contribution is 8.17. The highest BCUT2D eigenvalue weighted by Gasteiger charge is 2.25. The molecule has 0 amide bonds. The van der Waals surface area contributed by atoms with Gasteiger partial charge in [-0.15, -0.1) is 23.5 Å². The van der Waals surface area contributed by atoms with Gasteiger partial charge >= 0.3 is 0 Å². The van der Waals surface area contributed by atoms with Gasteiger partial charge in [0, 0.05) is 4.58 Å². The molecule has 0 atom stereocenters. The van der Waals surface area contributed by atoms with E-state index in [9.17, 15) is 0 Å². The molecule has 14 heavy (non-hydrogen) atoms. The summed E-state index contributed by atoms with van der Waals surface area (Å²) in [7, 11) is 0. The minimum Gasteiger partial charge on any atom is -0.148 e. The minimum atomic E-state index is 0.843. The fourth-order valence-electron chi connectivity index (χ4n) is 2.24. The lowest BCUT2D eigenvalue weighted by Crippen LogP contribution is -2.24. The van der Waals surface area contributed by atoms with Crippen LogP contribution >= 0.6 is 23.5 Å². The average molecular weight is 232 g/mol. The van der Waals surface area contributed by atoms with Crippen molar-refractivity contribution < 1.29 is 0 Å². The highest BCUT2D eigenvalue weighted by atomic mass is 32.2. The molecule has 0 aromatic carbocycles. The summed E-state index contributed by atoms with van der Waals surface area (Å²) in [5, 5.41) is 0. The molecule has 1 aliphatic heterocycles. The van der Waals surface area contributed by atoms with Gasteiger partial charge in [-0.2, -0.15) is 0 Å². The van der Waals surface area contributed by atoms with Gasteiger partial charge in [-0.3, -0.25) is 0 Å². The van der Waals surface area contributed by atoms with Crippen LogP contribution in [0.3, 0.4) is 0 Å². The van der Waals surface area contributed by atoms with Crippen molar-refractivity contribution in [3.8, 4) is 0 Å². The fourth-order valence-corrected chi connectivity index (χ4v) is 5.07. The fraction of sp³-hybridized carbons (Fsp3) is 1.00. The molecule has 1 rings (SSSR count). The van der Waals surface area contributed by atoms with E-state index < -0.39 is 0 Å². The third kappa shape index (κ3) is 4.06. The Morgan fingerprint density at radius 2 is 1.57 bits per heavy atom. The van der Waals surface area contributed by atoms with E-state index in [4.69, 9.17) is 0 Å². The van der Waals surface area contributed by atoms with E-state index in [2.05, 4.69) is 44.3 Å². The maximum absolute atomic E-state index is 2.35. The van der Waals surface area contributed by atoms with Crippen LogP contribution < -0.4 is 0 Å². The van der Waals surface area contributed by atoms with E-state index >= 15 is 0 Å². The van der Waals surface area contributed by atoms with Gasteiger partial charge in [0.05, 0.1) is 0 Å². The van der Waals surface area contributed by atoms with Crippen LogP contribution in [0.5, 0.6) is 0 Å². The predicted octanol–water partition coefficient (Wildman–Crippen LogP) is 4.65. The van der Waals surface area contributed by atoms with Crippen LogP contribution in [0.25, 0.3) is 0 Å². The van der Waals surface area contributed by atoms with Gasteiger partial charge in [-0.1, -0.05) is 39.5 Å². The molecule has 1 fully saturated rings. The van der Waals surface area contributed by atoms with E-state index in [1.165, 1.54) is 37.2 Å². The van der Waals surface area contributed by atoms with Crippen LogP contribution in [0.1, 0.15) is 46.5 Å². The molecule has 2 heteroatoms. The molecular weight excluding hydrogens is 208 g/mol. The molecule has 0 bridgehead atoms. The summed E-state index contributed by atoms with van der Waals surface area (Å²) >= 11 is 4.34. The molecule has 0 aromatic heterocycles. The van der Waals surface area contributed by atoms with Gasteiger partial charge in [0.25, 0.3) is 0 Å². The normalized spacial score (nSPS) is 28.3. The van der Waals surface area contributed by atoms with E-state index in [0.717, 1.165) is 16.4 Å². The molecule has 1 aliphatic rings. The van der Waals surface area contributed by atoms with Gasteiger partial charge in [0.1, 0.15) is 0 Å². The number of hydrogen-bond acceptors (Lipinski definition) is 2. The summed E-state index contributed by atoms with van der Waals surface area (Å²) in [6.07, 6.45) is 5.64. The summed E-state index contributed by atoms with van der Waals surface area (Å²) in [5.74, 6) is 4.84. The van der Waals surface area contributed by atoms with Crippen molar-refractivity contribution in [1.82, 2.24) is 0 Å². The largest absolute Gasteiger partial charge is 0.148 e. The summed E-state index contributed by atoms with van der Waals surface area (Å²) in [5.41, 5.74) is 0. The third-order valence-electron chi connectivity index (χ3n) is 3.08. The van der Waals surface area contributed by atoms with Crippen LogP contribution in [0.4, 0.5) is 0 Å². The maximum Gasteiger partial charge on any atom is 0.0474 e. The van der Waals surface area contributed by atoms with Gasteiger partial charge in [0.15, 0.2) is 0 Å². The molecule has 1 heterocycles. The summed E-state index contributed by atoms with van der Waals surface area (Å²) < 4.78 is 0.843. The number of thioether (sulfide) groups is 2. The summed E-state index contributed by atoms with van der Waals surface area (Å²) in [4.78, 5) is 0. The Labute approximate surface area is 98.0 Å². The molecular formula is C12H24S2. The Balaban J connectivity index is 2.34. The molecule has 0 unspecified atom stereocenters. The van der Waals surface area contributed by atoms with E-state index in [-0.39, 0.29) is 0 Å². The van der Waals surface area contributed by atoms with E-state index in [0.29, 0.717) is 0 Å². The van der Waals surface area contributed by atoms with Crippen LogP contribution in [0.2, 0.25) is 0 Å². The maximum atomic E-state index is 2.35. The van der Waals surface area contributed by atoms with Crippen LogP contribution in [-0.2, 0) is 0 Å². The monoisotopic (exact) mass is 232 g/mol. The van der Waals surface area contributed by atoms with Crippen molar-refractivity contribution in [3.63, 3.8) is 0 Å². The Morgan fingerprint density at radius 3 is 2.00 bits per heavy atom. The molecule has 0 nitrogen and oxygen atoms in total. The average Bonchev–Trinajstić information content (AvgIpc) is 2.19. The van der Waals surface area contributed by atoms with Crippen molar-refractivity contribution in [1.29, 1.82) is 0 Å². The molecule has 0 N–H and O–H groups in total. The second-order valence-corrected chi connectivity index (χ2v) is 7.38. The van der Waals surface area contributed by atoms with Crippen molar-refractivity contribution in [2.75, 3.05) is 11.5 Å². The zero-order chi connectivity index (χ0) is 10.4. The van der Waals surface area contributed by atoms with Crippen molar-refractivity contribution in [2.24, 2.45) is 11.8 Å². The van der Waals surface area contributed by atoms with Crippen LogP contribution in [0.15, 0.2) is 0 Å². The Morgan fingerprint density at radius 1 is 1.07 bits per heavy atom. The quantitative estimate of drug-likeness (QED) is 0.677. The zero-order valence-corrected chi connectivity index (χ0v) is 11.4. The topological polar surface area (TPSA) is 0 Å². The Kier molecular flexibility index (Phi) is 6.43. The third-order valence-corrected chi connectivity index (χ3v) is 6.07. The van der Waals surface area contributed by atoms with Crippen LogP contribution in [0, 0.1) is 11.8 Å². The predicted molar refractivity (Wildman–Crippen MR) is 71.2 cm³/mol. The first-order valence-electron chi connectivity index (χ1n) is 6.01. The highest BCUT2D eigenvalue weighted by Crippen LogP contribution is 2.38. The van der Waals surface area contributed by atoms with Gasteiger partial charge in [0.2, 0.25) is 0 Å². The first kappa shape index (κ1) is 12.8. The van der Waals surface area contributed by atoms with E-state index in [1.54, 1.807) is 0 Å². The van der Waals surface area contributed by atoms with Gasteiger partial charge in [-0.25, -0.2) is 0 Å². The molecule has 0 spiro atoms. The molecule has 84 valence electrons. The second kappa shape index (κ2) is 7.05. The molecule has 1 saturated heterocycles. The molecule has 0 aliphatic carbocycles. The second-order valence-electron chi connectivity index (χ2n) is 4.33. The lowest BCUT2D eigenvalue weighted by molar-refractivity contribution is 0.339. The van der Waals surface area contributed by atoms with Gasteiger partial charge in [-0.05, 0) is 30.3 Å². The van der Waals surface area contributed by atoms with Crippen molar-refractivity contribution in [3.05, 3.63) is 0 Å². The van der Waals surface area contributed by atoms with Crippen LogP contribution in [-0.4, -0.2) is 16.1 Å². The van der Waals surface area contributed by atoms with E-state index in [1.807, 2.05) is 0 Å². The molecule has 0 aromatic rings. The lowest BCUT2D eigenvalue weighted by Gasteiger charge is -2.32. The Bertz CT molecular complexity index is 133. The standard InChI is InChI=1S/C12H24S2/c1-4-6-11(7-5-2)12-8-13-10(3)14-9-12/h10-12H,4-9H2,1-3H3. The Hall–Kier alpha value is 0.700. The SMILES string of the molecule is CCCC(CCC)C1CSC(C)SC1. The minimum absolute atomic E-state index is 0.843. The molecule has 0 saturated carbocycles. The first-order chi connectivity index (χ1) is 6.77. The molecule has 0 radical (unpaired) electrons. The summed E-state index contributed by atoms with van der Waals surface area (Å²) in [6.45, 7) is 7.00. The smallest absolute Gasteiger partial charge is 0.0474 e.